The number of rotatable bonds is 11. The molecule has 0 bridgehead atoms. The number of hydrogen-bond donors (Lipinski definition) is 4. The summed E-state index contributed by atoms with van der Waals surface area (Å²) in [5, 5.41) is 17.5. The Labute approximate surface area is 216 Å². The van der Waals surface area contributed by atoms with Crippen LogP contribution in [0, 0.1) is 11.8 Å². The molecule has 0 aromatic heterocycles. The number of aliphatic hydroxyl groups is 1. The molecule has 0 aromatic rings. The van der Waals surface area contributed by atoms with Gasteiger partial charge >= 0.3 is 12.2 Å². The van der Waals surface area contributed by atoms with E-state index < -0.39 is 57.8 Å². The van der Waals surface area contributed by atoms with Crippen molar-refractivity contribution in [2.24, 2.45) is 11.8 Å². The summed E-state index contributed by atoms with van der Waals surface area (Å²) >= 11 is 0. The monoisotopic (exact) mass is 549 g/mol. The molecule has 212 valence electrons. The van der Waals surface area contributed by atoms with Crippen molar-refractivity contribution in [2.45, 2.75) is 76.5 Å². The van der Waals surface area contributed by atoms with Crippen molar-refractivity contribution in [1.29, 1.82) is 0 Å². The number of hydrogen-bond acceptors (Lipinski definition) is 10. The van der Waals surface area contributed by atoms with Crippen molar-refractivity contribution in [3.05, 3.63) is 0 Å². The van der Waals surface area contributed by atoms with Crippen LogP contribution in [0.25, 0.3) is 0 Å². The number of ether oxygens (including phenoxy) is 2. The number of aliphatic hydroxyl groups excluding tert-OH is 1. The average Bonchev–Trinajstić information content (AvgIpc) is 3.21. The molecule has 0 aromatic carbocycles. The Morgan fingerprint density at radius 3 is 2.35 bits per heavy atom. The van der Waals surface area contributed by atoms with Crippen LogP contribution >= 0.6 is 0 Å². The van der Waals surface area contributed by atoms with E-state index in [2.05, 4.69) is 16.0 Å². The number of nitrogens with zero attached hydrogens (tertiary/aromatic N) is 1. The fourth-order valence-electron chi connectivity index (χ4n) is 4.31. The minimum Gasteiger partial charge on any atom is -0.746 e. The molecule has 0 saturated carbocycles. The maximum Gasteiger partial charge on any atom is 0.409 e. The van der Waals surface area contributed by atoms with Crippen molar-refractivity contribution in [2.75, 3.05) is 26.2 Å². The van der Waals surface area contributed by atoms with E-state index in [9.17, 15) is 37.3 Å². The van der Waals surface area contributed by atoms with Crippen molar-refractivity contribution in [3.8, 4) is 0 Å². The van der Waals surface area contributed by atoms with Gasteiger partial charge in [0, 0.05) is 38.4 Å². The van der Waals surface area contributed by atoms with E-state index in [1.165, 1.54) is 4.90 Å². The van der Waals surface area contributed by atoms with Gasteiger partial charge in [-0.3, -0.25) is 9.59 Å². The van der Waals surface area contributed by atoms with Gasteiger partial charge < -0.3 is 40.0 Å². The normalized spacial score (nSPS) is 21.1. The third kappa shape index (κ3) is 9.63. The summed E-state index contributed by atoms with van der Waals surface area (Å²) in [6.07, 6.45) is -0.804. The highest BCUT2D eigenvalue weighted by Gasteiger charge is 2.36. The summed E-state index contributed by atoms with van der Waals surface area (Å²) in [7, 11) is -5.20. The molecule has 0 spiro atoms. The number of carbonyl (C=O) groups excluding carboxylic acids is 4. The minimum absolute atomic E-state index is 0.0731. The second-order valence-corrected chi connectivity index (χ2v) is 11.1. The molecule has 1 unspecified atom stereocenters. The molecule has 4 amide bonds. The molecule has 2 aliphatic rings. The van der Waals surface area contributed by atoms with E-state index >= 15 is 0 Å². The molecule has 2 saturated heterocycles. The van der Waals surface area contributed by atoms with Crippen LogP contribution in [0.1, 0.15) is 52.9 Å². The zero-order chi connectivity index (χ0) is 27.8. The van der Waals surface area contributed by atoms with Gasteiger partial charge in [-0.1, -0.05) is 13.8 Å². The molecule has 4 N–H and O–H groups in total. The van der Waals surface area contributed by atoms with E-state index in [4.69, 9.17) is 9.47 Å². The first-order valence-electron chi connectivity index (χ1n) is 12.4. The predicted molar refractivity (Wildman–Crippen MR) is 128 cm³/mol. The second-order valence-electron chi connectivity index (χ2n) is 9.63. The third-order valence-corrected chi connectivity index (χ3v) is 7.15. The number of likely N-dealkylation sites (tertiary alicyclic amines) is 1. The van der Waals surface area contributed by atoms with Crippen LogP contribution in [0.3, 0.4) is 0 Å². The number of piperidine rings is 1. The maximum absolute atomic E-state index is 13.0. The Hall–Kier alpha value is -2.65. The summed E-state index contributed by atoms with van der Waals surface area (Å²) in [5.74, 6) is -1.96. The van der Waals surface area contributed by atoms with Gasteiger partial charge in [-0.25, -0.2) is 18.0 Å². The zero-order valence-corrected chi connectivity index (χ0v) is 22.1. The van der Waals surface area contributed by atoms with Gasteiger partial charge in [0.25, 0.3) is 0 Å². The first kappa shape index (κ1) is 30.6. The van der Waals surface area contributed by atoms with Crippen LogP contribution in [0.2, 0.25) is 0 Å². The van der Waals surface area contributed by atoms with Crippen LogP contribution < -0.4 is 16.0 Å². The maximum atomic E-state index is 13.0. The van der Waals surface area contributed by atoms with E-state index in [0.29, 0.717) is 38.9 Å². The highest BCUT2D eigenvalue weighted by atomic mass is 32.2. The lowest BCUT2D eigenvalue weighted by atomic mass is 9.97. The van der Waals surface area contributed by atoms with Crippen molar-refractivity contribution in [3.63, 3.8) is 0 Å². The quantitative estimate of drug-likeness (QED) is 0.246. The molecule has 14 nitrogen and oxygen atoms in total. The number of alkyl carbamates (subject to hydrolysis) is 1. The predicted octanol–water partition coefficient (Wildman–Crippen LogP) is -0.377. The number of amides is 4. The summed E-state index contributed by atoms with van der Waals surface area (Å²) in [6.45, 7) is 6.59. The fraction of sp³-hybridized carbons (Fsp3) is 0.818. The summed E-state index contributed by atoms with van der Waals surface area (Å²) in [4.78, 5) is 50.9. The Balaban J connectivity index is 2.01. The molecule has 2 aliphatic heterocycles. The second kappa shape index (κ2) is 13.8. The summed E-state index contributed by atoms with van der Waals surface area (Å²) in [5.41, 5.74) is -2.47. The Kier molecular flexibility index (Phi) is 11.4. The van der Waals surface area contributed by atoms with Gasteiger partial charge in [0.05, 0.1) is 12.6 Å². The first-order valence-corrected chi connectivity index (χ1v) is 13.9. The molecule has 0 radical (unpaired) electrons. The topological polar surface area (TPSA) is 203 Å². The highest BCUT2D eigenvalue weighted by molar-refractivity contribution is 7.86. The molecule has 15 heteroatoms. The zero-order valence-electron chi connectivity index (χ0n) is 21.3. The van der Waals surface area contributed by atoms with E-state index in [1.807, 2.05) is 0 Å². The summed E-state index contributed by atoms with van der Waals surface area (Å²) < 4.78 is 44.8. The van der Waals surface area contributed by atoms with Gasteiger partial charge in [-0.05, 0) is 32.1 Å². The van der Waals surface area contributed by atoms with Crippen LogP contribution in [0.15, 0.2) is 0 Å². The Morgan fingerprint density at radius 2 is 1.84 bits per heavy atom. The molecular formula is C22H37N4O10S-. The van der Waals surface area contributed by atoms with Crippen LogP contribution in [0.5, 0.6) is 0 Å². The van der Waals surface area contributed by atoms with Crippen LogP contribution in [-0.2, 0) is 29.2 Å². The average molecular weight is 550 g/mol. The molecule has 2 heterocycles. The highest BCUT2D eigenvalue weighted by Crippen LogP contribution is 2.20. The smallest absolute Gasteiger partial charge is 0.409 e. The van der Waals surface area contributed by atoms with Gasteiger partial charge in [0.1, 0.15) is 22.3 Å². The van der Waals surface area contributed by atoms with E-state index in [0.717, 1.165) is 0 Å². The van der Waals surface area contributed by atoms with Gasteiger partial charge in [-0.15, -0.1) is 0 Å². The Bertz CT molecular complexity index is 920. The standard InChI is InChI=1S/C22H38N4O10S/c1-4-35-22(31)26-9-6-15(7-10-26)36-21(30)25-16(11-13(2)3)19(28)24-17(20(29)37(32,33)34)12-14-5-8-23-18(14)27/h13-17,20,29H,4-12H2,1-3H3,(H,23,27)(H,24,28)(H,25,30)(H,32,33,34)/p-1/t14-,16-,17-,20?/m0/s1. The Morgan fingerprint density at radius 1 is 1.19 bits per heavy atom. The van der Waals surface area contributed by atoms with Gasteiger partial charge in [0.2, 0.25) is 11.8 Å². The fourth-order valence-corrected chi connectivity index (χ4v) is 4.89. The van der Waals surface area contributed by atoms with Crippen LogP contribution in [0.4, 0.5) is 9.59 Å². The molecule has 4 atom stereocenters. The molecule has 2 rings (SSSR count). The molecule has 2 fully saturated rings. The van der Waals surface area contributed by atoms with Gasteiger partial charge in [0.15, 0.2) is 5.44 Å². The van der Waals surface area contributed by atoms with Crippen molar-refractivity contribution >= 4 is 34.1 Å². The van der Waals surface area contributed by atoms with E-state index in [-0.39, 0.29) is 31.3 Å². The third-order valence-electron chi connectivity index (χ3n) is 6.23. The minimum atomic E-state index is -5.20. The lowest BCUT2D eigenvalue weighted by Gasteiger charge is -2.32. The largest absolute Gasteiger partial charge is 0.746 e. The summed E-state index contributed by atoms with van der Waals surface area (Å²) in [6, 6.07) is -2.71. The van der Waals surface area contributed by atoms with Crippen LogP contribution in [-0.4, -0.2) is 96.8 Å². The molecule has 0 aliphatic carbocycles. The molecular weight excluding hydrogens is 512 g/mol. The van der Waals surface area contributed by atoms with Crippen molar-refractivity contribution < 1.29 is 46.7 Å². The SMILES string of the molecule is CCOC(=O)N1CCC(OC(=O)N[C@@H](CC(C)C)C(=O)N[C@@H](C[C@@H]2CCNC2=O)C(O)S(=O)(=O)[O-])CC1. The first-order chi connectivity index (χ1) is 17.3. The molecule has 37 heavy (non-hydrogen) atoms. The lowest BCUT2D eigenvalue weighted by molar-refractivity contribution is -0.126. The van der Waals surface area contributed by atoms with Gasteiger partial charge in [-0.2, -0.15) is 0 Å². The van der Waals surface area contributed by atoms with E-state index in [1.54, 1.807) is 20.8 Å². The lowest BCUT2D eigenvalue weighted by Crippen LogP contribution is -2.55. The number of nitrogens with one attached hydrogen (secondary N) is 3. The van der Waals surface area contributed by atoms with Crippen molar-refractivity contribution in [1.82, 2.24) is 20.9 Å². The number of carbonyl (C=O) groups is 4.